The van der Waals surface area contributed by atoms with E-state index in [1.807, 2.05) is 0 Å². The van der Waals surface area contributed by atoms with Crippen LogP contribution in [-0.4, -0.2) is 33.4 Å². The highest BCUT2D eigenvalue weighted by atomic mass is 35.5. The first kappa shape index (κ1) is 24.6. The van der Waals surface area contributed by atoms with Crippen LogP contribution in [0.1, 0.15) is 28.3 Å². The van der Waals surface area contributed by atoms with Gasteiger partial charge in [0.1, 0.15) is 22.9 Å². The van der Waals surface area contributed by atoms with E-state index in [9.17, 15) is 19.1 Å². The molecule has 0 radical (unpaired) electrons. The van der Waals surface area contributed by atoms with E-state index < -0.39 is 23.6 Å². The Hall–Kier alpha value is -4.08. The minimum atomic E-state index is -0.938. The highest BCUT2D eigenvalue weighted by molar-refractivity contribution is 6.32. The lowest BCUT2D eigenvalue weighted by molar-refractivity contribution is -0.139. The number of nitrogens with one attached hydrogen (secondary N) is 1. The Bertz CT molecular complexity index is 1510. The number of rotatable bonds is 6. The second-order valence-electron chi connectivity index (χ2n) is 8.15. The molecule has 1 amide bonds. The standard InChI is InChI=1S/C26H18Cl2FN3O5/c27-18-2-1-3-20(24(18)29)32-10-8-23(31-32)30-25(33)14-4-6-15(7-5-14)37-22-13-21-17(12-19(22)28)16(26(34)35)9-11-36-21/h1-8,10,12-13,16H,9,11H2,(H,34,35)(H,30,31,33). The van der Waals surface area contributed by atoms with Crippen LogP contribution < -0.4 is 14.8 Å². The van der Waals surface area contributed by atoms with Crippen molar-refractivity contribution in [1.29, 1.82) is 0 Å². The van der Waals surface area contributed by atoms with Crippen molar-refractivity contribution >= 4 is 40.9 Å². The van der Waals surface area contributed by atoms with E-state index in [0.29, 0.717) is 34.8 Å². The number of nitrogens with zero attached hydrogens (tertiary/aromatic N) is 2. The molecule has 1 atom stereocenters. The van der Waals surface area contributed by atoms with E-state index in [4.69, 9.17) is 32.7 Å². The minimum absolute atomic E-state index is 0.0328. The van der Waals surface area contributed by atoms with Crippen molar-refractivity contribution in [3.8, 4) is 22.9 Å². The number of aliphatic carboxylic acids is 1. The Morgan fingerprint density at radius 3 is 2.65 bits per heavy atom. The maximum Gasteiger partial charge on any atom is 0.311 e. The van der Waals surface area contributed by atoms with Crippen LogP contribution in [0.4, 0.5) is 10.2 Å². The number of benzene rings is 3. The molecule has 0 fully saturated rings. The SMILES string of the molecule is O=C(Nc1ccn(-c2cccc(Cl)c2F)n1)c1ccc(Oc2cc3c(cc2Cl)C(C(=O)O)CCO3)cc1. The number of carboxylic acids is 1. The molecule has 0 bridgehead atoms. The van der Waals surface area contributed by atoms with Crippen molar-refractivity contribution in [1.82, 2.24) is 9.78 Å². The average Bonchev–Trinajstić information content (AvgIpc) is 3.34. The van der Waals surface area contributed by atoms with Crippen LogP contribution in [0, 0.1) is 5.82 Å². The topological polar surface area (TPSA) is 103 Å². The summed E-state index contributed by atoms with van der Waals surface area (Å²) < 4.78 is 27.0. The number of hydrogen-bond donors (Lipinski definition) is 2. The summed E-state index contributed by atoms with van der Waals surface area (Å²) in [5.41, 5.74) is 0.989. The summed E-state index contributed by atoms with van der Waals surface area (Å²) in [4.78, 5) is 24.2. The Kier molecular flexibility index (Phi) is 6.73. The molecule has 11 heteroatoms. The van der Waals surface area contributed by atoms with Gasteiger partial charge in [0.15, 0.2) is 11.6 Å². The molecule has 37 heavy (non-hydrogen) atoms. The van der Waals surface area contributed by atoms with Gasteiger partial charge in [-0.1, -0.05) is 29.3 Å². The highest BCUT2D eigenvalue weighted by Gasteiger charge is 2.29. The number of anilines is 1. The Balaban J connectivity index is 1.27. The second kappa shape index (κ2) is 10.1. The number of hydrogen-bond acceptors (Lipinski definition) is 5. The molecule has 5 rings (SSSR count). The van der Waals surface area contributed by atoms with Gasteiger partial charge in [-0.25, -0.2) is 9.07 Å². The molecule has 3 aromatic carbocycles. The highest BCUT2D eigenvalue weighted by Crippen LogP contribution is 2.41. The predicted octanol–water partition coefficient (Wildman–Crippen LogP) is 6.31. The van der Waals surface area contributed by atoms with Gasteiger partial charge < -0.3 is 19.9 Å². The number of fused-ring (bicyclic) bond motifs is 1. The van der Waals surface area contributed by atoms with Crippen molar-refractivity contribution in [2.24, 2.45) is 0 Å². The molecule has 2 N–H and O–H groups in total. The fourth-order valence-corrected chi connectivity index (χ4v) is 4.29. The largest absolute Gasteiger partial charge is 0.493 e. The zero-order valence-electron chi connectivity index (χ0n) is 19.0. The number of aromatic nitrogens is 2. The molecule has 0 aliphatic carbocycles. The first-order valence-corrected chi connectivity index (χ1v) is 11.8. The van der Waals surface area contributed by atoms with Crippen molar-refractivity contribution in [2.45, 2.75) is 12.3 Å². The smallest absolute Gasteiger partial charge is 0.311 e. The molecule has 1 unspecified atom stereocenters. The van der Waals surface area contributed by atoms with Crippen LogP contribution in [0.25, 0.3) is 5.69 Å². The molecule has 188 valence electrons. The van der Waals surface area contributed by atoms with Crippen LogP contribution in [0.3, 0.4) is 0 Å². The molecule has 1 aromatic heterocycles. The minimum Gasteiger partial charge on any atom is -0.493 e. The van der Waals surface area contributed by atoms with Crippen LogP contribution in [0.15, 0.2) is 66.9 Å². The third-order valence-corrected chi connectivity index (χ3v) is 6.34. The monoisotopic (exact) mass is 541 g/mol. The maximum absolute atomic E-state index is 14.2. The van der Waals surface area contributed by atoms with Crippen LogP contribution in [0.5, 0.6) is 17.2 Å². The fraction of sp³-hybridized carbons (Fsp3) is 0.115. The van der Waals surface area contributed by atoms with Crippen molar-refractivity contribution < 1.29 is 28.6 Å². The zero-order chi connectivity index (χ0) is 26.1. The van der Waals surface area contributed by atoms with Crippen LogP contribution in [-0.2, 0) is 4.79 Å². The Labute approximate surface area is 220 Å². The summed E-state index contributed by atoms with van der Waals surface area (Å²) in [6.07, 6.45) is 1.87. The molecule has 0 spiro atoms. The van der Waals surface area contributed by atoms with E-state index in [0.717, 1.165) is 0 Å². The van der Waals surface area contributed by atoms with Gasteiger partial charge in [-0.05, 0) is 48.9 Å². The van der Waals surface area contributed by atoms with Crippen molar-refractivity contribution in [2.75, 3.05) is 11.9 Å². The normalized spacial score (nSPS) is 14.4. The van der Waals surface area contributed by atoms with E-state index >= 15 is 0 Å². The van der Waals surface area contributed by atoms with Gasteiger partial charge in [-0.15, -0.1) is 5.10 Å². The summed E-state index contributed by atoms with van der Waals surface area (Å²) in [6, 6.07) is 15.5. The molecule has 4 aromatic rings. The second-order valence-corrected chi connectivity index (χ2v) is 8.96. The lowest BCUT2D eigenvalue weighted by Gasteiger charge is -2.24. The maximum atomic E-state index is 14.2. The number of carboxylic acid groups (broad SMARTS) is 1. The number of ether oxygens (including phenoxy) is 2. The van der Waals surface area contributed by atoms with Gasteiger partial charge in [0.2, 0.25) is 0 Å². The number of carbonyl (C=O) groups excluding carboxylic acids is 1. The molecule has 1 aliphatic heterocycles. The Morgan fingerprint density at radius 1 is 1.11 bits per heavy atom. The van der Waals surface area contributed by atoms with E-state index in [1.165, 1.54) is 29.1 Å². The van der Waals surface area contributed by atoms with Gasteiger partial charge in [0, 0.05) is 29.5 Å². The number of halogens is 3. The first-order chi connectivity index (χ1) is 17.8. The zero-order valence-corrected chi connectivity index (χ0v) is 20.5. The van der Waals surface area contributed by atoms with Gasteiger partial charge in [-0.3, -0.25) is 9.59 Å². The summed E-state index contributed by atoms with van der Waals surface area (Å²) in [5, 5.41) is 16.5. The van der Waals surface area contributed by atoms with E-state index in [1.54, 1.807) is 42.5 Å². The van der Waals surface area contributed by atoms with Crippen LogP contribution >= 0.6 is 23.2 Å². The summed E-state index contributed by atoms with van der Waals surface area (Å²) in [5.74, 6) is -1.34. The molecular formula is C26H18Cl2FN3O5. The van der Waals surface area contributed by atoms with E-state index in [-0.39, 0.29) is 28.2 Å². The Morgan fingerprint density at radius 2 is 1.89 bits per heavy atom. The number of carbonyl (C=O) groups is 2. The van der Waals surface area contributed by atoms with Gasteiger partial charge in [0.05, 0.1) is 22.6 Å². The summed E-state index contributed by atoms with van der Waals surface area (Å²) in [7, 11) is 0. The predicted molar refractivity (Wildman–Crippen MR) is 135 cm³/mol. The lowest BCUT2D eigenvalue weighted by atomic mass is 9.93. The molecular weight excluding hydrogens is 524 g/mol. The average molecular weight is 542 g/mol. The van der Waals surface area contributed by atoms with Gasteiger partial charge in [-0.2, -0.15) is 0 Å². The van der Waals surface area contributed by atoms with E-state index in [2.05, 4.69) is 10.4 Å². The van der Waals surface area contributed by atoms with Crippen molar-refractivity contribution in [3.05, 3.63) is 93.8 Å². The molecule has 2 heterocycles. The van der Waals surface area contributed by atoms with Crippen LogP contribution in [0.2, 0.25) is 10.0 Å². The quantitative estimate of drug-likeness (QED) is 0.296. The molecule has 0 saturated heterocycles. The van der Waals surface area contributed by atoms with Gasteiger partial charge in [0.25, 0.3) is 5.91 Å². The third-order valence-electron chi connectivity index (χ3n) is 5.75. The first-order valence-electron chi connectivity index (χ1n) is 11.1. The lowest BCUT2D eigenvalue weighted by Crippen LogP contribution is -2.20. The van der Waals surface area contributed by atoms with Crippen molar-refractivity contribution in [3.63, 3.8) is 0 Å². The molecule has 1 aliphatic rings. The summed E-state index contributed by atoms with van der Waals surface area (Å²) in [6.45, 7) is 0.279. The number of amides is 1. The third kappa shape index (κ3) is 5.09. The van der Waals surface area contributed by atoms with Gasteiger partial charge >= 0.3 is 5.97 Å². The fourth-order valence-electron chi connectivity index (χ4n) is 3.91. The summed E-state index contributed by atoms with van der Waals surface area (Å²) >= 11 is 12.2. The molecule has 8 nitrogen and oxygen atoms in total. The molecule has 0 saturated carbocycles.